The van der Waals surface area contributed by atoms with Gasteiger partial charge in [-0.25, -0.2) is 4.79 Å². The fraction of sp³-hybridized carbons (Fsp3) is 0.727. The number of aliphatic carboxylic acids is 1. The average Bonchev–Trinajstić information content (AvgIpc) is 2.08. The molecule has 0 heterocycles. The lowest BCUT2D eigenvalue weighted by Crippen LogP contribution is -2.18. The number of carboxylic acid groups (broad SMARTS) is 1. The summed E-state index contributed by atoms with van der Waals surface area (Å²) in [5.74, 6) is 1.09. The lowest BCUT2D eigenvalue weighted by atomic mass is 9.82. The summed E-state index contributed by atoms with van der Waals surface area (Å²) in [5, 5.41) is 8.51. The van der Waals surface area contributed by atoms with Gasteiger partial charge in [0.1, 0.15) is 0 Å². The van der Waals surface area contributed by atoms with Crippen molar-refractivity contribution in [2.75, 3.05) is 6.61 Å². The SMILES string of the molecule is CC1=C(OCC(=O)O)CC(C)CC1C. The molecule has 1 rings (SSSR count). The van der Waals surface area contributed by atoms with Crippen LogP contribution < -0.4 is 0 Å². The van der Waals surface area contributed by atoms with Crippen LogP contribution in [0.4, 0.5) is 0 Å². The minimum atomic E-state index is -0.906. The van der Waals surface area contributed by atoms with Gasteiger partial charge in [-0.3, -0.25) is 0 Å². The molecule has 3 nitrogen and oxygen atoms in total. The van der Waals surface area contributed by atoms with Gasteiger partial charge in [-0.05, 0) is 30.8 Å². The Morgan fingerprint density at radius 1 is 1.57 bits per heavy atom. The van der Waals surface area contributed by atoms with Gasteiger partial charge in [-0.15, -0.1) is 0 Å². The molecule has 0 aromatic rings. The first-order valence-corrected chi connectivity index (χ1v) is 5.05. The zero-order chi connectivity index (χ0) is 10.7. The maximum absolute atomic E-state index is 10.4. The third-order valence-electron chi connectivity index (χ3n) is 2.84. The molecule has 2 unspecified atom stereocenters. The Morgan fingerprint density at radius 2 is 2.21 bits per heavy atom. The molecule has 1 N–H and O–H groups in total. The minimum Gasteiger partial charge on any atom is -0.486 e. The summed E-state index contributed by atoms with van der Waals surface area (Å²) in [4.78, 5) is 10.4. The Hall–Kier alpha value is -0.990. The van der Waals surface area contributed by atoms with Crippen molar-refractivity contribution in [1.82, 2.24) is 0 Å². The summed E-state index contributed by atoms with van der Waals surface area (Å²) >= 11 is 0. The topological polar surface area (TPSA) is 46.5 Å². The molecule has 0 radical (unpaired) electrons. The quantitative estimate of drug-likeness (QED) is 0.757. The van der Waals surface area contributed by atoms with E-state index in [1.165, 1.54) is 12.0 Å². The maximum Gasteiger partial charge on any atom is 0.341 e. The van der Waals surface area contributed by atoms with Crippen LogP contribution in [-0.2, 0) is 9.53 Å². The number of rotatable bonds is 3. The third-order valence-corrected chi connectivity index (χ3v) is 2.84. The Morgan fingerprint density at radius 3 is 2.79 bits per heavy atom. The van der Waals surface area contributed by atoms with E-state index in [4.69, 9.17) is 9.84 Å². The zero-order valence-corrected chi connectivity index (χ0v) is 9.04. The standard InChI is InChI=1S/C11H18O3/c1-7-4-8(2)9(3)10(5-7)14-6-11(12)13/h7-8H,4-6H2,1-3H3,(H,12,13). The average molecular weight is 198 g/mol. The van der Waals surface area contributed by atoms with Crippen LogP contribution in [0.1, 0.15) is 33.6 Å². The Bertz CT molecular complexity index is 255. The monoisotopic (exact) mass is 198 g/mol. The molecular formula is C11H18O3. The Labute approximate surface area is 84.8 Å². The van der Waals surface area contributed by atoms with Crippen molar-refractivity contribution in [3.63, 3.8) is 0 Å². The Kier molecular flexibility index (Phi) is 3.55. The summed E-state index contributed by atoms with van der Waals surface area (Å²) in [5.41, 5.74) is 1.21. The summed E-state index contributed by atoms with van der Waals surface area (Å²) < 4.78 is 5.28. The van der Waals surface area contributed by atoms with Gasteiger partial charge in [0, 0.05) is 6.42 Å². The van der Waals surface area contributed by atoms with Crippen LogP contribution in [0.15, 0.2) is 11.3 Å². The molecule has 0 amide bonds. The molecule has 1 aliphatic carbocycles. The molecule has 0 fully saturated rings. The van der Waals surface area contributed by atoms with Crippen molar-refractivity contribution in [2.45, 2.75) is 33.6 Å². The normalized spacial score (nSPS) is 27.6. The van der Waals surface area contributed by atoms with Crippen LogP contribution in [0, 0.1) is 11.8 Å². The van der Waals surface area contributed by atoms with E-state index < -0.39 is 5.97 Å². The predicted molar refractivity (Wildman–Crippen MR) is 53.8 cm³/mol. The van der Waals surface area contributed by atoms with E-state index in [1.54, 1.807) is 0 Å². The van der Waals surface area contributed by atoms with Crippen molar-refractivity contribution in [3.8, 4) is 0 Å². The smallest absolute Gasteiger partial charge is 0.341 e. The lowest BCUT2D eigenvalue weighted by molar-refractivity contribution is -0.141. The second-order valence-corrected chi connectivity index (χ2v) is 4.23. The molecule has 80 valence electrons. The predicted octanol–water partition coefficient (Wildman–Crippen LogP) is 2.43. The van der Waals surface area contributed by atoms with E-state index in [2.05, 4.69) is 13.8 Å². The molecule has 0 aromatic heterocycles. The van der Waals surface area contributed by atoms with Crippen molar-refractivity contribution >= 4 is 5.97 Å². The summed E-state index contributed by atoms with van der Waals surface area (Å²) in [6.07, 6.45) is 2.05. The number of ether oxygens (including phenoxy) is 1. The zero-order valence-electron chi connectivity index (χ0n) is 9.04. The third kappa shape index (κ3) is 2.76. The van der Waals surface area contributed by atoms with Gasteiger partial charge in [0.2, 0.25) is 0 Å². The lowest BCUT2D eigenvalue weighted by Gasteiger charge is -2.27. The van der Waals surface area contributed by atoms with E-state index in [1.807, 2.05) is 6.92 Å². The first-order valence-electron chi connectivity index (χ1n) is 5.05. The molecule has 0 saturated heterocycles. The van der Waals surface area contributed by atoms with E-state index in [0.717, 1.165) is 12.2 Å². The largest absolute Gasteiger partial charge is 0.486 e. The minimum absolute atomic E-state index is 0.216. The van der Waals surface area contributed by atoms with Crippen molar-refractivity contribution in [1.29, 1.82) is 0 Å². The molecule has 2 atom stereocenters. The highest BCUT2D eigenvalue weighted by molar-refractivity contribution is 5.68. The van der Waals surface area contributed by atoms with Crippen LogP contribution >= 0.6 is 0 Å². The molecule has 0 saturated carbocycles. The van der Waals surface area contributed by atoms with E-state index >= 15 is 0 Å². The molecule has 0 bridgehead atoms. The highest BCUT2D eigenvalue weighted by Gasteiger charge is 2.22. The van der Waals surface area contributed by atoms with Crippen LogP contribution in [0.3, 0.4) is 0 Å². The molecule has 0 spiro atoms. The first kappa shape index (κ1) is 11.1. The fourth-order valence-corrected chi connectivity index (χ4v) is 1.94. The van der Waals surface area contributed by atoms with Gasteiger partial charge in [0.25, 0.3) is 0 Å². The van der Waals surface area contributed by atoms with E-state index in [9.17, 15) is 4.79 Å². The number of allylic oxidation sites excluding steroid dienone is 2. The number of hydrogen-bond acceptors (Lipinski definition) is 2. The molecule has 14 heavy (non-hydrogen) atoms. The second kappa shape index (κ2) is 4.49. The van der Waals surface area contributed by atoms with E-state index in [0.29, 0.717) is 11.8 Å². The van der Waals surface area contributed by atoms with Gasteiger partial charge in [0.15, 0.2) is 6.61 Å². The van der Waals surface area contributed by atoms with Crippen LogP contribution in [-0.4, -0.2) is 17.7 Å². The molecule has 1 aliphatic rings. The number of hydrogen-bond donors (Lipinski definition) is 1. The first-order chi connectivity index (χ1) is 6.50. The molecular weight excluding hydrogens is 180 g/mol. The van der Waals surface area contributed by atoms with Crippen molar-refractivity contribution < 1.29 is 14.6 Å². The number of carboxylic acids is 1. The molecule has 3 heteroatoms. The van der Waals surface area contributed by atoms with E-state index in [-0.39, 0.29) is 6.61 Å². The van der Waals surface area contributed by atoms with Gasteiger partial charge < -0.3 is 9.84 Å². The summed E-state index contributed by atoms with van der Waals surface area (Å²) in [6.45, 7) is 6.15. The van der Waals surface area contributed by atoms with Crippen molar-refractivity contribution in [2.24, 2.45) is 11.8 Å². The van der Waals surface area contributed by atoms with Crippen molar-refractivity contribution in [3.05, 3.63) is 11.3 Å². The van der Waals surface area contributed by atoms with Gasteiger partial charge in [-0.1, -0.05) is 13.8 Å². The van der Waals surface area contributed by atoms with Crippen LogP contribution in [0.25, 0.3) is 0 Å². The summed E-state index contributed by atoms with van der Waals surface area (Å²) in [7, 11) is 0. The van der Waals surface area contributed by atoms with Gasteiger partial charge in [0.05, 0.1) is 5.76 Å². The fourth-order valence-electron chi connectivity index (χ4n) is 1.94. The molecule has 0 aromatic carbocycles. The second-order valence-electron chi connectivity index (χ2n) is 4.23. The highest BCUT2D eigenvalue weighted by Crippen LogP contribution is 2.33. The highest BCUT2D eigenvalue weighted by atomic mass is 16.5. The Balaban J connectivity index is 2.63. The summed E-state index contributed by atoms with van der Waals surface area (Å²) in [6, 6.07) is 0. The van der Waals surface area contributed by atoms with Gasteiger partial charge in [-0.2, -0.15) is 0 Å². The number of carbonyl (C=O) groups is 1. The van der Waals surface area contributed by atoms with Gasteiger partial charge >= 0.3 is 5.97 Å². The maximum atomic E-state index is 10.4. The molecule has 0 aliphatic heterocycles. The van der Waals surface area contributed by atoms with Crippen LogP contribution in [0.2, 0.25) is 0 Å². The van der Waals surface area contributed by atoms with Crippen LogP contribution in [0.5, 0.6) is 0 Å².